The third kappa shape index (κ3) is 5.87. The van der Waals surface area contributed by atoms with Crippen molar-refractivity contribution in [2.24, 2.45) is 5.92 Å². The first-order valence-corrected chi connectivity index (χ1v) is 4.21. The average Bonchev–Trinajstić information content (AvgIpc) is 1.97. The molecule has 0 spiro atoms. The molecule has 1 unspecified atom stereocenters. The molecule has 0 aromatic heterocycles. The van der Waals surface area contributed by atoms with Crippen LogP contribution in [0.2, 0.25) is 0 Å². The molecule has 0 aromatic rings. The Morgan fingerprint density at radius 2 is 2.20 bits per heavy atom. The minimum Gasteiger partial charge on any atom is -0.0917 e. The highest BCUT2D eigenvalue weighted by atomic mass is 14.0. The van der Waals surface area contributed by atoms with Gasteiger partial charge in [-0.25, -0.2) is 0 Å². The molecule has 0 aliphatic heterocycles. The predicted octanol–water partition coefficient (Wildman–Crippen LogP) is 3.59. The fourth-order valence-electron chi connectivity index (χ4n) is 0.979. The number of allylic oxidation sites excluding steroid dienone is 2. The van der Waals surface area contributed by atoms with Gasteiger partial charge in [-0.3, -0.25) is 0 Å². The van der Waals surface area contributed by atoms with Crippen LogP contribution in [-0.2, 0) is 0 Å². The third-order valence-electron chi connectivity index (χ3n) is 1.72. The van der Waals surface area contributed by atoms with E-state index < -0.39 is 0 Å². The molecule has 0 aliphatic rings. The van der Waals surface area contributed by atoms with E-state index in [2.05, 4.69) is 32.9 Å². The summed E-state index contributed by atoms with van der Waals surface area (Å²) in [5.41, 5.74) is 0. The summed E-state index contributed by atoms with van der Waals surface area (Å²) in [4.78, 5) is 0. The topological polar surface area (TPSA) is 0 Å². The second kappa shape index (κ2) is 6.85. The molecule has 0 aliphatic carbocycles. The molecular weight excluding hydrogens is 120 g/mol. The molecule has 0 fully saturated rings. The van der Waals surface area contributed by atoms with E-state index in [1.807, 2.05) is 0 Å². The highest BCUT2D eigenvalue weighted by molar-refractivity contribution is 4.78. The molecule has 0 saturated heterocycles. The maximum Gasteiger partial charge on any atom is -0.0325 e. The van der Waals surface area contributed by atoms with Crippen molar-refractivity contribution in [3.05, 3.63) is 19.1 Å². The molecule has 0 heteroatoms. The lowest BCUT2D eigenvalue weighted by Crippen LogP contribution is -1.91. The Balaban J connectivity index is 3.16. The number of unbranched alkanes of at least 4 members (excludes halogenated alkanes) is 1. The standard InChI is InChI=1S/C10H19/c1-4-6-8-10(3)9-7-5-2/h5,7,10H,1,4,6,8-9H2,2-3H3/b7-5+. The summed E-state index contributed by atoms with van der Waals surface area (Å²) in [5.74, 6) is 0.845. The lowest BCUT2D eigenvalue weighted by Gasteiger charge is -2.05. The van der Waals surface area contributed by atoms with E-state index in [0.717, 1.165) is 12.3 Å². The second-order valence-corrected chi connectivity index (χ2v) is 2.91. The SMILES string of the molecule is [CH2]CCCC(C)C/C=C/C. The molecule has 0 amide bonds. The molecule has 0 nitrogen and oxygen atoms in total. The lowest BCUT2D eigenvalue weighted by atomic mass is 10.0. The molecule has 10 heavy (non-hydrogen) atoms. The Labute approximate surface area is 65.3 Å². The van der Waals surface area contributed by atoms with Gasteiger partial charge in [0, 0.05) is 0 Å². The minimum absolute atomic E-state index is 0.845. The fraction of sp³-hybridized carbons (Fsp3) is 0.700. The van der Waals surface area contributed by atoms with Crippen LogP contribution < -0.4 is 0 Å². The van der Waals surface area contributed by atoms with Gasteiger partial charge < -0.3 is 0 Å². The van der Waals surface area contributed by atoms with Crippen LogP contribution in [0.5, 0.6) is 0 Å². The molecule has 0 heterocycles. The van der Waals surface area contributed by atoms with Crippen molar-refractivity contribution in [2.75, 3.05) is 0 Å². The quantitative estimate of drug-likeness (QED) is 0.510. The molecule has 0 aromatic carbocycles. The van der Waals surface area contributed by atoms with Crippen LogP contribution in [-0.4, -0.2) is 0 Å². The van der Waals surface area contributed by atoms with Gasteiger partial charge in [-0.05, 0) is 19.3 Å². The van der Waals surface area contributed by atoms with E-state index in [1.54, 1.807) is 0 Å². The minimum atomic E-state index is 0.845. The van der Waals surface area contributed by atoms with Crippen molar-refractivity contribution < 1.29 is 0 Å². The van der Waals surface area contributed by atoms with Gasteiger partial charge in [0.15, 0.2) is 0 Å². The van der Waals surface area contributed by atoms with Gasteiger partial charge in [0.25, 0.3) is 0 Å². The number of hydrogen-bond acceptors (Lipinski definition) is 0. The third-order valence-corrected chi connectivity index (χ3v) is 1.72. The Bertz CT molecular complexity index is 82.0. The van der Waals surface area contributed by atoms with Gasteiger partial charge in [-0.15, -0.1) is 0 Å². The Kier molecular flexibility index (Phi) is 6.68. The zero-order valence-electron chi connectivity index (χ0n) is 7.27. The van der Waals surface area contributed by atoms with Crippen LogP contribution in [0.25, 0.3) is 0 Å². The first-order chi connectivity index (χ1) is 4.81. The van der Waals surface area contributed by atoms with Crippen LogP contribution in [0.4, 0.5) is 0 Å². The zero-order chi connectivity index (χ0) is 7.82. The monoisotopic (exact) mass is 139 g/mol. The molecule has 0 N–H and O–H groups in total. The molecule has 0 bridgehead atoms. The van der Waals surface area contributed by atoms with Gasteiger partial charge in [0.1, 0.15) is 0 Å². The van der Waals surface area contributed by atoms with Crippen molar-refractivity contribution in [1.82, 2.24) is 0 Å². The van der Waals surface area contributed by atoms with Gasteiger partial charge in [-0.2, -0.15) is 0 Å². The summed E-state index contributed by atoms with van der Waals surface area (Å²) >= 11 is 0. The molecule has 1 radical (unpaired) electrons. The molecule has 0 rings (SSSR count). The van der Waals surface area contributed by atoms with E-state index in [4.69, 9.17) is 0 Å². The van der Waals surface area contributed by atoms with Crippen LogP contribution in [0.15, 0.2) is 12.2 Å². The van der Waals surface area contributed by atoms with Gasteiger partial charge in [0.2, 0.25) is 0 Å². The van der Waals surface area contributed by atoms with Crippen LogP contribution >= 0.6 is 0 Å². The van der Waals surface area contributed by atoms with Gasteiger partial charge >= 0.3 is 0 Å². The fourth-order valence-corrected chi connectivity index (χ4v) is 0.979. The number of hydrogen-bond donors (Lipinski definition) is 0. The van der Waals surface area contributed by atoms with E-state index >= 15 is 0 Å². The van der Waals surface area contributed by atoms with Crippen LogP contribution in [0.3, 0.4) is 0 Å². The largest absolute Gasteiger partial charge is 0.0917 e. The summed E-state index contributed by atoms with van der Waals surface area (Å²) in [5, 5.41) is 0. The highest BCUT2D eigenvalue weighted by Crippen LogP contribution is 2.11. The van der Waals surface area contributed by atoms with E-state index in [-0.39, 0.29) is 0 Å². The predicted molar refractivity (Wildman–Crippen MR) is 47.8 cm³/mol. The zero-order valence-corrected chi connectivity index (χ0v) is 7.27. The lowest BCUT2D eigenvalue weighted by molar-refractivity contribution is 0.519. The van der Waals surface area contributed by atoms with Crippen molar-refractivity contribution in [3.63, 3.8) is 0 Å². The number of rotatable bonds is 5. The summed E-state index contributed by atoms with van der Waals surface area (Å²) in [6, 6.07) is 0. The Hall–Kier alpha value is -0.260. The first-order valence-electron chi connectivity index (χ1n) is 4.21. The van der Waals surface area contributed by atoms with E-state index in [0.29, 0.717) is 0 Å². The normalized spacial score (nSPS) is 14.3. The molecular formula is C10H19. The average molecular weight is 139 g/mol. The van der Waals surface area contributed by atoms with Crippen LogP contribution in [0, 0.1) is 12.8 Å². The van der Waals surface area contributed by atoms with E-state index in [1.165, 1.54) is 19.3 Å². The molecule has 0 saturated carbocycles. The summed E-state index contributed by atoms with van der Waals surface area (Å²) in [7, 11) is 0. The summed E-state index contributed by atoms with van der Waals surface area (Å²) in [6.07, 6.45) is 9.29. The van der Waals surface area contributed by atoms with Crippen molar-refractivity contribution >= 4 is 0 Å². The van der Waals surface area contributed by atoms with Crippen molar-refractivity contribution in [2.45, 2.75) is 39.5 Å². The summed E-state index contributed by atoms with van der Waals surface area (Å²) in [6.45, 7) is 8.20. The maximum absolute atomic E-state index is 3.82. The molecule has 1 atom stereocenters. The van der Waals surface area contributed by atoms with Crippen molar-refractivity contribution in [3.8, 4) is 0 Å². The first kappa shape index (κ1) is 9.74. The maximum atomic E-state index is 3.82. The van der Waals surface area contributed by atoms with E-state index in [9.17, 15) is 0 Å². The van der Waals surface area contributed by atoms with Gasteiger partial charge in [-0.1, -0.05) is 45.3 Å². The van der Waals surface area contributed by atoms with Crippen molar-refractivity contribution in [1.29, 1.82) is 0 Å². The Morgan fingerprint density at radius 1 is 1.50 bits per heavy atom. The Morgan fingerprint density at radius 3 is 2.70 bits per heavy atom. The smallest absolute Gasteiger partial charge is 0.0325 e. The summed E-state index contributed by atoms with van der Waals surface area (Å²) < 4.78 is 0. The van der Waals surface area contributed by atoms with Crippen LogP contribution in [0.1, 0.15) is 39.5 Å². The molecule has 59 valence electrons. The second-order valence-electron chi connectivity index (χ2n) is 2.91. The van der Waals surface area contributed by atoms with Gasteiger partial charge in [0.05, 0.1) is 0 Å². The highest BCUT2D eigenvalue weighted by Gasteiger charge is 1.96.